The van der Waals surface area contributed by atoms with E-state index in [1.165, 1.54) is 10.6 Å². The lowest BCUT2D eigenvalue weighted by Gasteiger charge is -2.32. The minimum absolute atomic E-state index is 0.0182. The van der Waals surface area contributed by atoms with Crippen LogP contribution in [-0.4, -0.2) is 220 Å². The number of carbonyl (C=O) groups is 12. The van der Waals surface area contributed by atoms with E-state index in [1.54, 1.807) is 125 Å². The molecule has 0 unspecified atom stereocenters. The lowest BCUT2D eigenvalue weighted by molar-refractivity contribution is -0.156. The number of phenols is 2. The van der Waals surface area contributed by atoms with Crippen LogP contribution >= 0.6 is 22.6 Å². The van der Waals surface area contributed by atoms with Gasteiger partial charge in [-0.3, -0.25) is 57.3 Å². The molecule has 9 amide bonds. The van der Waals surface area contributed by atoms with Gasteiger partial charge in [0, 0.05) is 99.5 Å². The van der Waals surface area contributed by atoms with Gasteiger partial charge in [-0.1, -0.05) is 26.0 Å². The number of esters is 3. The smallest absolute Gasteiger partial charge is 0.407 e. The molecule has 4 aromatic rings. The first-order valence-electron chi connectivity index (χ1n) is 39.6. The first kappa shape index (κ1) is 96.9. The highest BCUT2D eigenvalue weighted by molar-refractivity contribution is 14.1. The average Bonchev–Trinajstić information content (AvgIpc) is 1.74. The van der Waals surface area contributed by atoms with Crippen LogP contribution in [0, 0.1) is 3.57 Å². The van der Waals surface area contributed by atoms with Gasteiger partial charge in [-0.05, 0) is 223 Å². The molecule has 0 spiro atoms. The summed E-state index contributed by atoms with van der Waals surface area (Å²) in [4.78, 5) is 164. The van der Waals surface area contributed by atoms with E-state index in [9.17, 15) is 67.7 Å². The average molecular weight is 1740 g/mol. The van der Waals surface area contributed by atoms with E-state index >= 15 is 0 Å². The Morgan fingerprint density at radius 1 is 0.526 bits per heavy atom. The summed E-state index contributed by atoms with van der Waals surface area (Å²) < 4.78 is 42.0. The molecule has 1 fully saturated rings. The summed E-state index contributed by atoms with van der Waals surface area (Å²) in [6.07, 6.45) is 0.318. The number of nitrogens with zero attached hydrogens (tertiary/aromatic N) is 4. The highest BCUT2D eigenvalue weighted by Crippen LogP contribution is 2.39. The van der Waals surface area contributed by atoms with Crippen molar-refractivity contribution in [3.63, 3.8) is 0 Å². The number of likely N-dealkylation sites (tertiary alicyclic amines) is 1. The number of alkyl carbamates (subject to hydrolysis) is 1. The summed E-state index contributed by atoms with van der Waals surface area (Å²) in [5, 5.41) is 51.5. The Labute approximate surface area is 693 Å². The summed E-state index contributed by atoms with van der Waals surface area (Å²) in [6, 6.07) is 12.2. The Balaban J connectivity index is 1.20. The topological polar surface area (TPSA) is 440 Å². The number of aryl methyl sites for hydroxylation is 1. The Morgan fingerprint density at radius 2 is 1.04 bits per heavy atom. The number of halogens is 1. The zero-order valence-corrected chi connectivity index (χ0v) is 71.9. The fourth-order valence-electron chi connectivity index (χ4n) is 11.9. The molecule has 642 valence electrons. The molecule has 34 heteroatoms. The second-order valence-corrected chi connectivity index (χ2v) is 33.7. The van der Waals surface area contributed by atoms with Crippen molar-refractivity contribution in [3.8, 4) is 34.3 Å². The number of ether oxygens (including phenoxy) is 7. The first-order chi connectivity index (χ1) is 54.5. The molecule has 5 rings (SSSR count). The number of rotatable bonds is 44. The number of hydrogen-bond donors (Lipinski definition) is 10. The molecule has 3 aromatic carbocycles. The van der Waals surface area contributed by atoms with Crippen LogP contribution in [0.15, 0.2) is 60.7 Å². The molecule has 0 aliphatic carbocycles. The number of unbranched alkanes of at least 4 members (excludes halogenated alkanes) is 1. The van der Waals surface area contributed by atoms with Crippen molar-refractivity contribution < 1.29 is 101 Å². The number of nitrogens with one attached hydrogen (secondary N) is 8. The Bertz CT molecular complexity index is 3930. The normalized spacial score (nSPS) is 13.7. The van der Waals surface area contributed by atoms with Gasteiger partial charge in [0.05, 0.1) is 25.4 Å². The lowest BCUT2D eigenvalue weighted by Crippen LogP contribution is -2.57. The second kappa shape index (κ2) is 46.9. The number of aromatic nitrogens is 3. The van der Waals surface area contributed by atoms with Crippen LogP contribution in [0.25, 0.3) is 17.1 Å². The Morgan fingerprint density at radius 3 is 1.59 bits per heavy atom. The fraction of sp³-hybridized carbons (Fsp3) is 0.610. The molecule has 33 nitrogen and oxygen atoms in total. The van der Waals surface area contributed by atoms with Gasteiger partial charge in [0.1, 0.15) is 76.5 Å². The zero-order chi connectivity index (χ0) is 86.1. The summed E-state index contributed by atoms with van der Waals surface area (Å²) in [5.41, 5.74) is -1.10. The van der Waals surface area contributed by atoms with Crippen molar-refractivity contribution >= 4 is 93.8 Å². The van der Waals surface area contributed by atoms with Crippen LogP contribution in [0.3, 0.4) is 0 Å². The van der Waals surface area contributed by atoms with E-state index in [2.05, 4.69) is 75.3 Å². The van der Waals surface area contributed by atoms with Gasteiger partial charge in [0.2, 0.25) is 47.2 Å². The monoisotopic (exact) mass is 1740 g/mol. The lowest BCUT2D eigenvalue weighted by atomic mass is 9.98. The molecule has 0 saturated carbocycles. The van der Waals surface area contributed by atoms with Crippen LogP contribution in [0.2, 0.25) is 0 Å². The van der Waals surface area contributed by atoms with E-state index in [4.69, 9.17) is 33.2 Å². The quantitative estimate of drug-likeness (QED) is 0.00871. The molecule has 1 aromatic heterocycles. The number of aromatic hydroxyl groups is 2. The molecular formula is C82H121IN12O21. The van der Waals surface area contributed by atoms with Crippen molar-refractivity contribution in [3.05, 3.63) is 81.2 Å². The number of carbonyl (C=O) groups excluding carboxylic acids is 12. The number of hydrogen-bond acceptors (Lipinski definition) is 23. The van der Waals surface area contributed by atoms with Crippen LogP contribution in [0.4, 0.5) is 4.79 Å². The van der Waals surface area contributed by atoms with Crippen molar-refractivity contribution in [2.24, 2.45) is 0 Å². The van der Waals surface area contributed by atoms with Crippen LogP contribution in [0.1, 0.15) is 221 Å². The number of phenolic OH excluding ortho intramolecular Hbond substituents is 2. The zero-order valence-electron chi connectivity index (χ0n) is 69.7. The SMILES string of the molecule is CCNC(=O)c1nnc(-c2cc(C(C)C)c(O)cc2O)n1-c1ccc(OC2CCN(C(=O)CCNC(=O)[C@@H](CCC(=O)OC(C)(C)C)NC(=O)[C@@H](CCC(=O)OC(C)(C)C)NC(=O)[C@@H](CCC(=O)OC(C)(C)C)NC(=O)COCCOCCNC(=O)[C@H](CCCCNC(=O)OC(C)(C)C)NC(=O)CCCc3ccc(I)cc3)CC2)cc1. The van der Waals surface area contributed by atoms with Gasteiger partial charge in [-0.15, -0.1) is 10.2 Å². The molecular weight excluding hydrogens is 1620 g/mol. The van der Waals surface area contributed by atoms with E-state index in [-0.39, 0.29) is 130 Å². The Hall–Kier alpha value is -9.71. The van der Waals surface area contributed by atoms with Crippen LogP contribution < -0.4 is 47.3 Å². The largest absolute Gasteiger partial charge is 0.508 e. The van der Waals surface area contributed by atoms with Crippen LogP contribution in [0.5, 0.6) is 17.2 Å². The molecule has 2 heterocycles. The van der Waals surface area contributed by atoms with Crippen molar-refractivity contribution in [1.29, 1.82) is 0 Å². The number of amides is 9. The third-order valence-electron chi connectivity index (χ3n) is 17.3. The van der Waals surface area contributed by atoms with E-state index in [1.807, 2.05) is 38.1 Å². The van der Waals surface area contributed by atoms with Gasteiger partial charge < -0.3 is 90.8 Å². The van der Waals surface area contributed by atoms with Gasteiger partial charge in [0.25, 0.3) is 5.91 Å². The molecule has 1 aliphatic rings. The first-order valence-corrected chi connectivity index (χ1v) is 40.7. The summed E-state index contributed by atoms with van der Waals surface area (Å²) in [5.74, 6) is -7.12. The molecule has 0 radical (unpaired) electrons. The van der Waals surface area contributed by atoms with E-state index in [0.717, 1.165) is 9.13 Å². The van der Waals surface area contributed by atoms with Crippen molar-refractivity contribution in [2.75, 3.05) is 65.7 Å². The van der Waals surface area contributed by atoms with Crippen molar-refractivity contribution in [1.82, 2.24) is 62.2 Å². The van der Waals surface area contributed by atoms with E-state index in [0.29, 0.717) is 81.7 Å². The number of piperidine rings is 1. The highest BCUT2D eigenvalue weighted by Gasteiger charge is 2.34. The van der Waals surface area contributed by atoms with Gasteiger partial charge in [0.15, 0.2) is 5.82 Å². The van der Waals surface area contributed by atoms with E-state index < -0.39 is 125 Å². The maximum Gasteiger partial charge on any atom is 0.407 e. The second-order valence-electron chi connectivity index (χ2n) is 32.5. The Kier molecular flexibility index (Phi) is 39.2. The van der Waals surface area contributed by atoms with Crippen LogP contribution in [-0.2, 0) is 82.8 Å². The predicted molar refractivity (Wildman–Crippen MR) is 438 cm³/mol. The fourth-order valence-corrected chi connectivity index (χ4v) is 12.3. The molecule has 0 bridgehead atoms. The summed E-state index contributed by atoms with van der Waals surface area (Å²) in [7, 11) is 0. The summed E-state index contributed by atoms with van der Waals surface area (Å²) >= 11 is 2.22. The highest BCUT2D eigenvalue weighted by atomic mass is 127. The van der Waals surface area contributed by atoms with Crippen molar-refractivity contribution in [2.45, 2.75) is 259 Å². The number of benzene rings is 3. The standard InChI is InChI=1S/C82H121IN12O21/c1-16-84-77(108)72-93-92-71(58-48-57(51(2)3)63(96)49-64(58)97)95(72)54-27-29-55(30-28-54)112-56-38-43-94(44-39-56)67(100)37-41-85-74(105)60(31-34-68(101)113-79(4,5)6)90-76(107)62(33-36-70(103)115-81(10,11)12)91-75(106)61(32-35-69(102)114-80(7,8)9)89-66(99)50-111-47-46-110-45-42-86-73(104)59(21-17-18-40-87-78(109)116-82(13,14)15)88-65(98)22-19-20-52-23-25-53(83)26-24-52/h23-30,48-49,51,56,59-62,96-97H,16-22,31-47,50H2,1-15H3,(H,84,108)(H,85,105)(H,86,104)(H,87,109)(H,88,98)(H,89,99)(H,90,107)(H,91,106)/t59-,60+,61+,62+/m0/s1. The van der Waals surface area contributed by atoms with Gasteiger partial charge >= 0.3 is 24.0 Å². The predicted octanol–water partition coefficient (Wildman–Crippen LogP) is 7.87. The van der Waals surface area contributed by atoms with Gasteiger partial charge in [-0.25, -0.2) is 4.79 Å². The molecule has 1 aliphatic heterocycles. The van der Waals surface area contributed by atoms with Gasteiger partial charge in [-0.2, -0.15) is 0 Å². The molecule has 116 heavy (non-hydrogen) atoms. The third kappa shape index (κ3) is 36.6. The maximum atomic E-state index is 14.6. The minimum atomic E-state index is -1.61. The molecule has 1 saturated heterocycles. The third-order valence-corrected chi connectivity index (χ3v) is 18.0. The maximum absolute atomic E-state index is 14.6. The summed E-state index contributed by atoms with van der Waals surface area (Å²) in [6.45, 7) is 25.9. The molecule has 4 atom stereocenters. The molecule has 10 N–H and O–H groups in total. The minimum Gasteiger partial charge on any atom is -0.508 e.